The molecular weight excluding hydrogens is 512 g/mol. The minimum Gasteiger partial charge on any atom is -0.420 e. The van der Waals surface area contributed by atoms with Crippen LogP contribution < -0.4 is 15.4 Å². The molecule has 2 aliphatic heterocycles. The van der Waals surface area contributed by atoms with Gasteiger partial charge in [-0.3, -0.25) is 9.69 Å². The molecule has 11 heteroatoms. The van der Waals surface area contributed by atoms with Crippen LogP contribution in [-0.2, 0) is 11.3 Å². The Balaban J connectivity index is 1.32. The van der Waals surface area contributed by atoms with Crippen molar-refractivity contribution in [1.29, 1.82) is 0 Å². The summed E-state index contributed by atoms with van der Waals surface area (Å²) in [5.41, 5.74) is 2.47. The minimum atomic E-state index is -0.0477. The van der Waals surface area contributed by atoms with Gasteiger partial charge in [-0.05, 0) is 56.1 Å². The molecule has 2 atom stereocenters. The molecule has 0 spiro atoms. The van der Waals surface area contributed by atoms with Gasteiger partial charge in [-0.1, -0.05) is 0 Å². The third-order valence-corrected chi connectivity index (χ3v) is 8.19. The lowest BCUT2D eigenvalue weighted by molar-refractivity contribution is 0.0282. The first-order valence-electron chi connectivity index (χ1n) is 12.3. The van der Waals surface area contributed by atoms with Crippen LogP contribution in [0.15, 0.2) is 30.5 Å². The van der Waals surface area contributed by atoms with Crippen molar-refractivity contribution in [2.24, 2.45) is 0 Å². The third kappa shape index (κ3) is 4.82. The van der Waals surface area contributed by atoms with Crippen molar-refractivity contribution >= 4 is 55.5 Å². The van der Waals surface area contributed by atoms with Crippen LogP contribution in [0, 0.1) is 0 Å². The van der Waals surface area contributed by atoms with E-state index in [9.17, 15) is 4.79 Å². The van der Waals surface area contributed by atoms with Gasteiger partial charge in [0.25, 0.3) is 5.91 Å². The van der Waals surface area contributed by atoms with Gasteiger partial charge in [0.1, 0.15) is 4.88 Å². The molecule has 3 aromatic heterocycles. The molecule has 2 N–H and O–H groups in total. The van der Waals surface area contributed by atoms with E-state index in [1.165, 1.54) is 11.3 Å². The number of benzene rings is 1. The van der Waals surface area contributed by atoms with Crippen molar-refractivity contribution in [2.45, 2.75) is 38.5 Å². The Morgan fingerprint density at radius 1 is 1.24 bits per heavy atom. The molecule has 0 bridgehead atoms. The molecule has 0 aliphatic carbocycles. The fraction of sp³-hybridized carbons (Fsp3) is 0.385. The van der Waals surface area contributed by atoms with Gasteiger partial charge in [0, 0.05) is 66.1 Å². The van der Waals surface area contributed by atoms with E-state index in [2.05, 4.69) is 25.5 Å². The van der Waals surface area contributed by atoms with Crippen molar-refractivity contribution < 1.29 is 14.3 Å². The van der Waals surface area contributed by atoms with Crippen molar-refractivity contribution in [2.75, 3.05) is 32.1 Å². The maximum Gasteiger partial charge on any atom is 0.263 e. The second-order valence-corrected chi connectivity index (χ2v) is 10.9. The Hall–Kier alpha value is -3.05. The molecule has 0 saturated carbocycles. The van der Waals surface area contributed by atoms with Gasteiger partial charge in [0.2, 0.25) is 17.0 Å². The molecular formula is C26H27ClN6O3S. The van der Waals surface area contributed by atoms with Crippen LogP contribution in [0.1, 0.15) is 35.0 Å². The highest BCUT2D eigenvalue weighted by molar-refractivity contribution is 7.21. The summed E-state index contributed by atoms with van der Waals surface area (Å²) in [4.78, 5) is 29.0. The standard InChI is InChI=1S/C26H27ClN6O3S/c1-14-10-28-22-21-17-5-8-20(31-18(17)6-7-19(21)37-23(22)24(34)30-14)36-25-15(11-29-26(27)32-25)12-33-9-3-4-16(13-33)35-2/h5-8,11,14,16,28H,3-4,9-10,12-13H2,1-2H3,(H,30,34)/t14-,16-/m1/s1. The van der Waals surface area contributed by atoms with Crippen molar-refractivity contribution in [3.05, 3.63) is 46.2 Å². The second kappa shape index (κ2) is 10.0. The Bertz CT molecular complexity index is 1490. The zero-order valence-corrected chi connectivity index (χ0v) is 22.2. The lowest BCUT2D eigenvalue weighted by Crippen LogP contribution is -2.38. The molecule has 0 radical (unpaired) electrons. The number of thiophene rings is 1. The van der Waals surface area contributed by atoms with Crippen LogP contribution in [0.2, 0.25) is 5.28 Å². The van der Waals surface area contributed by atoms with E-state index in [4.69, 9.17) is 26.1 Å². The van der Waals surface area contributed by atoms with Crippen LogP contribution in [0.5, 0.6) is 11.8 Å². The fourth-order valence-electron chi connectivity index (χ4n) is 5.02. The number of carbonyl (C=O) groups excluding carboxylic acids is 1. The first-order chi connectivity index (χ1) is 18.0. The largest absolute Gasteiger partial charge is 0.420 e. The van der Waals surface area contributed by atoms with Gasteiger partial charge in [0.05, 0.1) is 17.3 Å². The number of hydrogen-bond donors (Lipinski definition) is 2. The monoisotopic (exact) mass is 538 g/mol. The number of anilines is 1. The summed E-state index contributed by atoms with van der Waals surface area (Å²) < 4.78 is 12.8. The van der Waals surface area contributed by atoms with Crippen molar-refractivity contribution in [1.82, 2.24) is 25.2 Å². The Morgan fingerprint density at radius 2 is 2.14 bits per heavy atom. The number of piperidine rings is 1. The maximum atomic E-state index is 12.7. The van der Waals surface area contributed by atoms with Gasteiger partial charge in [0.15, 0.2) is 0 Å². The summed E-state index contributed by atoms with van der Waals surface area (Å²) >= 11 is 7.62. The van der Waals surface area contributed by atoms with E-state index in [1.54, 1.807) is 13.3 Å². The number of rotatable bonds is 5. The number of nitrogens with zero attached hydrogens (tertiary/aromatic N) is 4. The van der Waals surface area contributed by atoms with E-state index in [0.29, 0.717) is 29.7 Å². The third-order valence-electron chi connectivity index (χ3n) is 6.85. The maximum absolute atomic E-state index is 12.7. The molecule has 1 amide bonds. The first kappa shape index (κ1) is 24.3. The quantitative estimate of drug-likeness (QED) is 0.348. The van der Waals surface area contributed by atoms with Crippen LogP contribution in [0.4, 0.5) is 5.69 Å². The lowest BCUT2D eigenvalue weighted by Gasteiger charge is -2.31. The molecule has 9 nitrogen and oxygen atoms in total. The van der Waals surface area contributed by atoms with Crippen LogP contribution >= 0.6 is 22.9 Å². The summed E-state index contributed by atoms with van der Waals surface area (Å²) in [5, 5.41) is 8.56. The SMILES string of the molecule is CO[C@@H]1CCCN(Cc2cnc(Cl)nc2Oc2ccc3c(ccc4sc5c(c43)NC[C@@H](C)NC5=O)n2)C1. The van der Waals surface area contributed by atoms with Gasteiger partial charge in [-0.15, -0.1) is 11.3 Å². The number of carbonyl (C=O) groups is 1. The molecule has 1 fully saturated rings. The number of hydrogen-bond acceptors (Lipinski definition) is 9. The lowest BCUT2D eigenvalue weighted by atomic mass is 10.1. The number of methoxy groups -OCH3 is 1. The van der Waals surface area contributed by atoms with Crippen LogP contribution in [0.3, 0.4) is 0 Å². The van der Waals surface area contributed by atoms with Crippen LogP contribution in [0.25, 0.3) is 21.0 Å². The number of pyridine rings is 1. The number of amides is 1. The van der Waals surface area contributed by atoms with E-state index < -0.39 is 0 Å². The normalized spacial score (nSPS) is 20.4. The molecule has 2 aliphatic rings. The second-order valence-electron chi connectivity index (χ2n) is 9.52. The van der Waals surface area contributed by atoms with E-state index in [1.807, 2.05) is 31.2 Å². The highest BCUT2D eigenvalue weighted by Gasteiger charge is 2.25. The first-order valence-corrected chi connectivity index (χ1v) is 13.5. The highest BCUT2D eigenvalue weighted by Crippen LogP contribution is 2.41. The average molecular weight is 539 g/mol. The topological polar surface area (TPSA) is 102 Å². The zero-order chi connectivity index (χ0) is 25.5. The molecule has 4 aromatic rings. The molecule has 0 unspecified atom stereocenters. The molecule has 5 heterocycles. The van der Waals surface area contributed by atoms with E-state index >= 15 is 0 Å². The summed E-state index contributed by atoms with van der Waals surface area (Å²) in [6.45, 7) is 5.10. The van der Waals surface area contributed by atoms with Crippen molar-refractivity contribution in [3.63, 3.8) is 0 Å². The minimum absolute atomic E-state index is 0.0477. The molecule has 1 aromatic carbocycles. The number of ether oxygens (including phenoxy) is 2. The Morgan fingerprint density at radius 3 is 3.00 bits per heavy atom. The number of nitrogens with one attached hydrogen (secondary N) is 2. The average Bonchev–Trinajstić information content (AvgIpc) is 3.22. The Kier molecular flexibility index (Phi) is 6.58. The van der Waals surface area contributed by atoms with Crippen molar-refractivity contribution in [3.8, 4) is 11.8 Å². The summed E-state index contributed by atoms with van der Waals surface area (Å²) in [6, 6.07) is 7.81. The summed E-state index contributed by atoms with van der Waals surface area (Å²) in [7, 11) is 1.76. The van der Waals surface area contributed by atoms with Gasteiger partial charge < -0.3 is 20.1 Å². The summed E-state index contributed by atoms with van der Waals surface area (Å²) in [6.07, 6.45) is 4.07. The zero-order valence-electron chi connectivity index (χ0n) is 20.6. The molecule has 6 rings (SSSR count). The Labute approximate surface area is 223 Å². The van der Waals surface area contributed by atoms with Crippen LogP contribution in [-0.4, -0.2) is 64.6 Å². The number of fused-ring (bicyclic) bond motifs is 5. The van der Waals surface area contributed by atoms with E-state index in [0.717, 1.165) is 58.2 Å². The smallest absolute Gasteiger partial charge is 0.263 e. The number of likely N-dealkylation sites (tertiary alicyclic amines) is 1. The predicted octanol–water partition coefficient (Wildman–Crippen LogP) is 4.84. The van der Waals surface area contributed by atoms with Gasteiger partial charge in [-0.2, -0.15) is 4.98 Å². The molecule has 192 valence electrons. The van der Waals surface area contributed by atoms with Gasteiger partial charge in [-0.25, -0.2) is 9.97 Å². The van der Waals surface area contributed by atoms with E-state index in [-0.39, 0.29) is 23.3 Å². The summed E-state index contributed by atoms with van der Waals surface area (Å²) in [5.74, 6) is 0.759. The number of halogens is 1. The molecule has 1 saturated heterocycles. The highest BCUT2D eigenvalue weighted by atomic mass is 35.5. The fourth-order valence-corrected chi connectivity index (χ4v) is 6.24. The molecule has 37 heavy (non-hydrogen) atoms. The number of aromatic nitrogens is 3. The van der Waals surface area contributed by atoms with Gasteiger partial charge >= 0.3 is 0 Å². The predicted molar refractivity (Wildman–Crippen MR) is 145 cm³/mol.